The van der Waals surface area contributed by atoms with E-state index in [1.165, 1.54) is 4.31 Å². The first kappa shape index (κ1) is 24.5. The smallest absolute Gasteiger partial charge is 0.315 e. The Hall–Kier alpha value is -3.13. The Kier molecular flexibility index (Phi) is 7.92. The maximum Gasteiger partial charge on any atom is 0.315 e. The van der Waals surface area contributed by atoms with Crippen LogP contribution in [0, 0.1) is 12.8 Å². The van der Waals surface area contributed by atoms with E-state index < -0.39 is 33.9 Å². The van der Waals surface area contributed by atoms with E-state index in [2.05, 4.69) is 0 Å². The maximum atomic E-state index is 13.9. The molecule has 0 saturated heterocycles. The SMILES string of the molecule is CCOC(=O)CC(C(=O)OCC)C1=CCC(c2ccccc2)N1S(=O)(=O)c1ccc(C)cc1. The van der Waals surface area contributed by atoms with E-state index in [-0.39, 0.29) is 30.2 Å². The van der Waals surface area contributed by atoms with Crippen molar-refractivity contribution in [3.63, 3.8) is 0 Å². The zero-order chi connectivity index (χ0) is 24.0. The summed E-state index contributed by atoms with van der Waals surface area (Å²) in [4.78, 5) is 25.3. The molecule has 1 heterocycles. The topological polar surface area (TPSA) is 90.0 Å². The van der Waals surface area contributed by atoms with Crippen LogP contribution in [-0.4, -0.2) is 37.9 Å². The zero-order valence-corrected chi connectivity index (χ0v) is 19.9. The average molecular weight is 472 g/mol. The predicted octanol–water partition coefficient (Wildman–Crippen LogP) is 4.15. The van der Waals surface area contributed by atoms with Gasteiger partial charge in [-0.15, -0.1) is 0 Å². The Balaban J connectivity index is 2.10. The monoisotopic (exact) mass is 471 g/mol. The minimum atomic E-state index is -4.04. The van der Waals surface area contributed by atoms with Crippen LogP contribution in [-0.2, 0) is 29.1 Å². The van der Waals surface area contributed by atoms with Gasteiger partial charge in [-0.05, 0) is 44.9 Å². The number of carbonyl (C=O) groups excluding carboxylic acids is 2. The van der Waals surface area contributed by atoms with Crippen molar-refractivity contribution >= 4 is 22.0 Å². The second-order valence-electron chi connectivity index (χ2n) is 7.72. The quantitative estimate of drug-likeness (QED) is 0.511. The van der Waals surface area contributed by atoms with Crippen molar-refractivity contribution in [2.75, 3.05) is 13.2 Å². The molecule has 0 fully saturated rings. The van der Waals surface area contributed by atoms with Crippen LogP contribution in [0.5, 0.6) is 0 Å². The van der Waals surface area contributed by atoms with Crippen molar-refractivity contribution in [3.8, 4) is 0 Å². The molecule has 2 atom stereocenters. The Morgan fingerprint density at radius 2 is 1.64 bits per heavy atom. The second kappa shape index (κ2) is 10.7. The molecule has 2 aromatic rings. The van der Waals surface area contributed by atoms with Gasteiger partial charge in [-0.3, -0.25) is 13.9 Å². The molecule has 1 aliphatic rings. The number of benzene rings is 2. The largest absolute Gasteiger partial charge is 0.466 e. The fraction of sp³-hybridized carbons (Fsp3) is 0.360. The molecule has 176 valence electrons. The highest BCUT2D eigenvalue weighted by Gasteiger charge is 2.43. The number of rotatable bonds is 9. The van der Waals surface area contributed by atoms with E-state index in [0.717, 1.165) is 11.1 Å². The number of hydrogen-bond donors (Lipinski definition) is 0. The van der Waals surface area contributed by atoms with E-state index in [1.54, 1.807) is 44.2 Å². The molecular formula is C25H29NO6S. The van der Waals surface area contributed by atoms with Crippen LogP contribution in [0.2, 0.25) is 0 Å². The van der Waals surface area contributed by atoms with Gasteiger partial charge in [0.05, 0.1) is 30.6 Å². The summed E-state index contributed by atoms with van der Waals surface area (Å²) in [5.74, 6) is -2.35. The highest BCUT2D eigenvalue weighted by molar-refractivity contribution is 7.89. The van der Waals surface area contributed by atoms with Gasteiger partial charge in [-0.1, -0.05) is 54.1 Å². The summed E-state index contributed by atoms with van der Waals surface area (Å²) in [5, 5.41) is 0. The summed E-state index contributed by atoms with van der Waals surface area (Å²) < 4.78 is 39.2. The van der Waals surface area contributed by atoms with Crippen molar-refractivity contribution in [3.05, 3.63) is 77.5 Å². The summed E-state index contributed by atoms with van der Waals surface area (Å²) in [7, 11) is -4.04. The normalized spacial score (nSPS) is 16.8. The fourth-order valence-corrected chi connectivity index (χ4v) is 5.64. The van der Waals surface area contributed by atoms with Crippen LogP contribution in [0.15, 0.2) is 71.3 Å². The summed E-state index contributed by atoms with van der Waals surface area (Å²) in [6.07, 6.45) is 1.77. The number of ether oxygens (including phenoxy) is 2. The summed E-state index contributed by atoms with van der Waals surface area (Å²) in [6, 6.07) is 15.2. The van der Waals surface area contributed by atoms with Crippen LogP contribution >= 0.6 is 0 Å². The zero-order valence-electron chi connectivity index (χ0n) is 19.1. The molecule has 0 aliphatic carbocycles. The number of hydrogen-bond acceptors (Lipinski definition) is 6. The van der Waals surface area contributed by atoms with E-state index in [4.69, 9.17) is 9.47 Å². The third-order valence-corrected chi connectivity index (χ3v) is 7.31. The van der Waals surface area contributed by atoms with Gasteiger partial charge in [0.25, 0.3) is 10.0 Å². The molecule has 7 nitrogen and oxygen atoms in total. The summed E-state index contributed by atoms with van der Waals surface area (Å²) >= 11 is 0. The molecule has 0 aromatic heterocycles. The van der Waals surface area contributed by atoms with Crippen molar-refractivity contribution in [1.82, 2.24) is 4.31 Å². The Morgan fingerprint density at radius 3 is 2.24 bits per heavy atom. The number of nitrogens with zero attached hydrogens (tertiary/aromatic N) is 1. The van der Waals surface area contributed by atoms with Gasteiger partial charge in [0.15, 0.2) is 0 Å². The van der Waals surface area contributed by atoms with E-state index in [9.17, 15) is 18.0 Å². The number of esters is 2. The first-order valence-corrected chi connectivity index (χ1v) is 12.4. The van der Waals surface area contributed by atoms with Gasteiger partial charge >= 0.3 is 11.9 Å². The minimum absolute atomic E-state index is 0.109. The van der Waals surface area contributed by atoms with Gasteiger partial charge in [-0.2, -0.15) is 0 Å². The van der Waals surface area contributed by atoms with Gasteiger partial charge in [0.1, 0.15) is 5.92 Å². The molecule has 0 N–H and O–H groups in total. The summed E-state index contributed by atoms with van der Waals surface area (Å²) in [5.41, 5.74) is 1.95. The molecule has 0 spiro atoms. The third-order valence-electron chi connectivity index (χ3n) is 5.45. The third kappa shape index (κ3) is 5.45. The first-order valence-electron chi connectivity index (χ1n) is 11.0. The first-order chi connectivity index (χ1) is 15.8. The Bertz CT molecular complexity index is 1110. The molecule has 0 amide bonds. The van der Waals surface area contributed by atoms with Gasteiger partial charge in [0.2, 0.25) is 0 Å². The molecule has 2 aromatic carbocycles. The Morgan fingerprint density at radius 1 is 1.00 bits per heavy atom. The van der Waals surface area contributed by atoms with Gasteiger partial charge in [0, 0.05) is 5.70 Å². The number of carbonyl (C=O) groups is 2. The lowest BCUT2D eigenvalue weighted by molar-refractivity contribution is -0.153. The minimum Gasteiger partial charge on any atom is -0.466 e. The molecule has 33 heavy (non-hydrogen) atoms. The molecule has 8 heteroatoms. The van der Waals surface area contributed by atoms with Crippen LogP contribution in [0.4, 0.5) is 0 Å². The lowest BCUT2D eigenvalue weighted by Gasteiger charge is -2.32. The fourth-order valence-electron chi connectivity index (χ4n) is 3.91. The lowest BCUT2D eigenvalue weighted by Crippen LogP contribution is -2.37. The molecule has 0 saturated carbocycles. The highest BCUT2D eigenvalue weighted by atomic mass is 32.2. The Labute approximate surface area is 195 Å². The maximum absolute atomic E-state index is 13.9. The van der Waals surface area contributed by atoms with Crippen molar-refractivity contribution < 1.29 is 27.5 Å². The molecule has 1 aliphatic heterocycles. The van der Waals surface area contributed by atoms with Crippen LogP contribution < -0.4 is 0 Å². The van der Waals surface area contributed by atoms with Crippen molar-refractivity contribution in [2.24, 2.45) is 5.92 Å². The van der Waals surface area contributed by atoms with Gasteiger partial charge in [-0.25, -0.2) is 8.42 Å². The van der Waals surface area contributed by atoms with E-state index >= 15 is 0 Å². The van der Waals surface area contributed by atoms with E-state index in [1.807, 2.05) is 37.3 Å². The molecule has 0 radical (unpaired) electrons. The number of sulfonamides is 1. The second-order valence-corrected chi connectivity index (χ2v) is 9.53. The van der Waals surface area contributed by atoms with Crippen LogP contribution in [0.25, 0.3) is 0 Å². The lowest BCUT2D eigenvalue weighted by atomic mass is 10.0. The van der Waals surface area contributed by atoms with Crippen molar-refractivity contribution in [1.29, 1.82) is 0 Å². The summed E-state index contributed by atoms with van der Waals surface area (Å²) in [6.45, 7) is 5.48. The van der Waals surface area contributed by atoms with Crippen molar-refractivity contribution in [2.45, 2.75) is 44.6 Å². The standard InChI is InChI=1S/C25H29NO6S/c1-4-31-24(27)17-21(25(28)32-5-2)23-16-15-22(19-9-7-6-8-10-19)26(23)33(29,30)20-13-11-18(3)12-14-20/h6-14,16,21-22H,4-5,15,17H2,1-3H3. The molecular weight excluding hydrogens is 442 g/mol. The van der Waals surface area contributed by atoms with E-state index in [0.29, 0.717) is 6.42 Å². The van der Waals surface area contributed by atoms with Crippen LogP contribution in [0.3, 0.4) is 0 Å². The van der Waals surface area contributed by atoms with Gasteiger partial charge < -0.3 is 9.47 Å². The highest BCUT2D eigenvalue weighted by Crippen LogP contribution is 2.43. The van der Waals surface area contributed by atoms with Crippen LogP contribution in [0.1, 0.15) is 43.9 Å². The average Bonchev–Trinajstić information content (AvgIpc) is 3.24. The molecule has 3 rings (SSSR count). The molecule has 0 bridgehead atoms. The predicted molar refractivity (Wildman–Crippen MR) is 123 cm³/mol. The number of aryl methyl sites for hydroxylation is 1. The molecule has 2 unspecified atom stereocenters.